The molecule has 8 nitrogen and oxygen atoms in total. The zero-order valence-corrected chi connectivity index (χ0v) is 21.0. The van der Waals surface area contributed by atoms with Crippen molar-refractivity contribution in [1.29, 1.82) is 0 Å². The van der Waals surface area contributed by atoms with Crippen LogP contribution in [0.2, 0.25) is 5.02 Å². The van der Waals surface area contributed by atoms with Gasteiger partial charge in [-0.1, -0.05) is 41.0 Å². The van der Waals surface area contributed by atoms with Crippen LogP contribution in [0, 0.1) is 12.8 Å². The molecule has 1 saturated heterocycles. The third-order valence-corrected chi connectivity index (χ3v) is 6.82. The minimum atomic E-state index is -0.0547. The van der Waals surface area contributed by atoms with Gasteiger partial charge in [0.1, 0.15) is 5.82 Å². The molecule has 36 heavy (non-hydrogen) atoms. The molecule has 3 heterocycles. The number of aromatic nitrogens is 4. The third kappa shape index (κ3) is 6.01. The van der Waals surface area contributed by atoms with E-state index in [4.69, 9.17) is 16.1 Å². The van der Waals surface area contributed by atoms with Gasteiger partial charge in [-0.3, -0.25) is 9.69 Å². The van der Waals surface area contributed by atoms with Crippen molar-refractivity contribution in [3.8, 4) is 11.4 Å². The van der Waals surface area contributed by atoms with Crippen LogP contribution in [-0.4, -0.2) is 43.6 Å². The van der Waals surface area contributed by atoms with Crippen LogP contribution >= 0.6 is 11.6 Å². The lowest BCUT2D eigenvalue weighted by Gasteiger charge is -2.30. The zero-order chi connectivity index (χ0) is 24.9. The highest BCUT2D eigenvalue weighted by Crippen LogP contribution is 2.22. The summed E-state index contributed by atoms with van der Waals surface area (Å²) in [4.78, 5) is 23.9. The molecule has 1 unspecified atom stereocenters. The lowest BCUT2D eigenvalue weighted by Crippen LogP contribution is -2.42. The Morgan fingerprint density at radius 1 is 1.11 bits per heavy atom. The summed E-state index contributed by atoms with van der Waals surface area (Å²) in [6.07, 6.45) is 5.63. The molecule has 1 N–H and O–H groups in total. The summed E-state index contributed by atoms with van der Waals surface area (Å²) in [7, 11) is 0. The van der Waals surface area contributed by atoms with E-state index in [1.807, 2.05) is 31.5 Å². The van der Waals surface area contributed by atoms with E-state index in [0.29, 0.717) is 36.4 Å². The molecular formula is C27H29ClN6O2. The summed E-state index contributed by atoms with van der Waals surface area (Å²) in [6, 6.07) is 15.7. The van der Waals surface area contributed by atoms with Gasteiger partial charge in [-0.15, -0.1) is 0 Å². The number of nitrogens with one attached hydrogen (secondary N) is 1. The monoisotopic (exact) mass is 504 g/mol. The van der Waals surface area contributed by atoms with E-state index in [1.54, 1.807) is 12.1 Å². The molecule has 5 rings (SSSR count). The molecule has 1 fully saturated rings. The molecule has 0 radical (unpaired) electrons. The van der Waals surface area contributed by atoms with Gasteiger partial charge in [0, 0.05) is 42.6 Å². The van der Waals surface area contributed by atoms with Gasteiger partial charge in [0.15, 0.2) is 0 Å². The van der Waals surface area contributed by atoms with E-state index in [1.165, 1.54) is 5.56 Å². The molecule has 4 aromatic rings. The Bertz CT molecular complexity index is 1300. The summed E-state index contributed by atoms with van der Waals surface area (Å²) >= 11 is 5.96. The fourth-order valence-corrected chi connectivity index (χ4v) is 4.63. The minimum absolute atomic E-state index is 0.0547. The summed E-state index contributed by atoms with van der Waals surface area (Å²) in [5, 5.41) is 7.87. The van der Waals surface area contributed by atoms with Gasteiger partial charge in [-0.05, 0) is 61.7 Å². The predicted molar refractivity (Wildman–Crippen MR) is 137 cm³/mol. The fraction of sp³-hybridized carbons (Fsp3) is 0.333. The minimum Gasteiger partial charge on any atom is -0.352 e. The normalized spacial score (nSPS) is 16.2. The molecular weight excluding hydrogens is 476 g/mol. The summed E-state index contributed by atoms with van der Waals surface area (Å²) < 4.78 is 7.57. The van der Waals surface area contributed by atoms with Gasteiger partial charge in [0.05, 0.1) is 12.5 Å². The van der Waals surface area contributed by atoms with Crippen LogP contribution in [0.5, 0.6) is 0 Å². The van der Waals surface area contributed by atoms with Crippen molar-refractivity contribution < 1.29 is 9.32 Å². The number of benzene rings is 2. The number of rotatable bonds is 8. The van der Waals surface area contributed by atoms with E-state index in [2.05, 4.69) is 54.2 Å². The Labute approximate surface area is 215 Å². The van der Waals surface area contributed by atoms with E-state index in [-0.39, 0.29) is 11.8 Å². The second kappa shape index (κ2) is 11.1. The molecule has 186 valence electrons. The third-order valence-electron chi connectivity index (χ3n) is 6.57. The number of hydrogen-bond donors (Lipinski definition) is 1. The number of halogens is 1. The first-order valence-electron chi connectivity index (χ1n) is 12.2. The second-order valence-corrected chi connectivity index (χ2v) is 9.67. The van der Waals surface area contributed by atoms with Crippen molar-refractivity contribution in [1.82, 2.24) is 29.9 Å². The molecule has 1 amide bonds. The highest BCUT2D eigenvalue weighted by molar-refractivity contribution is 6.30. The topological polar surface area (TPSA) is 89.1 Å². The van der Waals surface area contributed by atoms with Crippen LogP contribution in [0.4, 0.5) is 0 Å². The van der Waals surface area contributed by atoms with Gasteiger partial charge in [0.2, 0.25) is 17.6 Å². The van der Waals surface area contributed by atoms with Crippen LogP contribution in [0.1, 0.15) is 35.7 Å². The molecule has 2 aromatic carbocycles. The van der Waals surface area contributed by atoms with Crippen LogP contribution in [0.25, 0.3) is 11.4 Å². The average molecular weight is 505 g/mol. The summed E-state index contributed by atoms with van der Waals surface area (Å²) in [6.45, 7) is 5.42. The van der Waals surface area contributed by atoms with Gasteiger partial charge in [-0.25, -0.2) is 4.98 Å². The zero-order valence-electron chi connectivity index (χ0n) is 20.2. The van der Waals surface area contributed by atoms with Crippen LogP contribution in [-0.2, 0) is 24.4 Å². The standard InChI is InChI=1S/C27H29ClN6O2/c1-19-29-12-14-34(19)16-21-6-4-20(5-7-21)15-30-27(35)23-3-2-13-33(17-23)18-25-31-26(32-36-25)22-8-10-24(28)11-9-22/h4-12,14,23H,2-3,13,15-18H2,1H3,(H,30,35). The molecule has 2 aromatic heterocycles. The van der Waals surface area contributed by atoms with Crippen LogP contribution in [0.3, 0.4) is 0 Å². The Kier molecular flexibility index (Phi) is 7.44. The SMILES string of the molecule is Cc1nccn1Cc1ccc(CNC(=O)C2CCCN(Cc3nc(-c4ccc(Cl)cc4)no3)C2)cc1. The maximum absolute atomic E-state index is 12.9. The van der Waals surface area contributed by atoms with Crippen molar-refractivity contribution in [2.24, 2.45) is 5.92 Å². The quantitative estimate of drug-likeness (QED) is 0.381. The van der Waals surface area contributed by atoms with E-state index >= 15 is 0 Å². The van der Waals surface area contributed by atoms with Gasteiger partial charge in [-0.2, -0.15) is 4.98 Å². The number of piperidine rings is 1. The maximum Gasteiger partial charge on any atom is 0.241 e. The lowest BCUT2D eigenvalue weighted by atomic mass is 9.97. The van der Waals surface area contributed by atoms with Crippen molar-refractivity contribution in [2.45, 2.75) is 39.4 Å². The summed E-state index contributed by atoms with van der Waals surface area (Å²) in [5.74, 6) is 2.12. The van der Waals surface area contributed by atoms with Crippen molar-refractivity contribution in [3.05, 3.63) is 88.8 Å². The Balaban J connectivity index is 1.11. The number of aryl methyl sites for hydroxylation is 1. The number of imidazole rings is 1. The predicted octanol–water partition coefficient (Wildman–Crippen LogP) is 4.47. The molecule has 1 atom stereocenters. The molecule has 9 heteroatoms. The molecule has 0 saturated carbocycles. The van der Waals surface area contributed by atoms with Crippen LogP contribution < -0.4 is 5.32 Å². The second-order valence-electron chi connectivity index (χ2n) is 9.23. The van der Waals surface area contributed by atoms with Crippen molar-refractivity contribution >= 4 is 17.5 Å². The lowest BCUT2D eigenvalue weighted by molar-refractivity contribution is -0.127. The van der Waals surface area contributed by atoms with Gasteiger partial charge >= 0.3 is 0 Å². The first-order valence-corrected chi connectivity index (χ1v) is 12.6. The van der Waals surface area contributed by atoms with E-state index < -0.39 is 0 Å². The number of carbonyl (C=O) groups is 1. The molecule has 0 spiro atoms. The number of hydrogen-bond acceptors (Lipinski definition) is 6. The Hall–Kier alpha value is -3.49. The highest BCUT2D eigenvalue weighted by Gasteiger charge is 2.26. The molecule has 0 aliphatic carbocycles. The Morgan fingerprint density at radius 3 is 2.64 bits per heavy atom. The van der Waals surface area contributed by atoms with Gasteiger partial charge in [0.25, 0.3) is 0 Å². The van der Waals surface area contributed by atoms with Crippen LogP contribution in [0.15, 0.2) is 65.4 Å². The molecule has 1 aliphatic heterocycles. The molecule has 1 aliphatic rings. The first-order chi connectivity index (χ1) is 17.5. The van der Waals surface area contributed by atoms with E-state index in [0.717, 1.165) is 42.9 Å². The number of likely N-dealkylation sites (tertiary alicyclic amines) is 1. The number of amides is 1. The van der Waals surface area contributed by atoms with Crippen molar-refractivity contribution in [3.63, 3.8) is 0 Å². The van der Waals surface area contributed by atoms with Crippen molar-refractivity contribution in [2.75, 3.05) is 13.1 Å². The Morgan fingerprint density at radius 2 is 1.89 bits per heavy atom. The fourth-order valence-electron chi connectivity index (χ4n) is 4.50. The maximum atomic E-state index is 12.9. The average Bonchev–Trinajstić information content (AvgIpc) is 3.53. The first kappa shape index (κ1) is 24.2. The highest BCUT2D eigenvalue weighted by atomic mass is 35.5. The van der Waals surface area contributed by atoms with Gasteiger partial charge < -0.3 is 14.4 Å². The number of carbonyl (C=O) groups excluding carboxylic acids is 1. The number of nitrogens with zero attached hydrogens (tertiary/aromatic N) is 5. The smallest absolute Gasteiger partial charge is 0.241 e. The largest absolute Gasteiger partial charge is 0.352 e. The summed E-state index contributed by atoms with van der Waals surface area (Å²) in [5.41, 5.74) is 3.15. The molecule has 0 bridgehead atoms. The van der Waals surface area contributed by atoms with E-state index in [9.17, 15) is 4.79 Å².